The zero-order valence-corrected chi connectivity index (χ0v) is 8.94. The predicted molar refractivity (Wildman–Crippen MR) is 57.5 cm³/mol. The predicted octanol–water partition coefficient (Wildman–Crippen LogP) is 0.971. The van der Waals surface area contributed by atoms with E-state index >= 15 is 0 Å². The Kier molecular flexibility index (Phi) is 5.24. The largest absolute Gasteiger partial charge is 0.491 e. The van der Waals surface area contributed by atoms with E-state index in [2.05, 4.69) is 10.1 Å². The first-order chi connectivity index (χ1) is 7.76. The fourth-order valence-corrected chi connectivity index (χ4v) is 1.08. The summed E-state index contributed by atoms with van der Waals surface area (Å²) in [5, 5.41) is 12.8. The molecule has 0 amide bonds. The van der Waals surface area contributed by atoms with Crippen LogP contribution in [-0.2, 0) is 4.84 Å². The number of hydrogen-bond donors (Lipinski definition) is 1. The molecule has 6 heteroatoms. The first-order valence-electron chi connectivity index (χ1n) is 4.77. The molecular formula is C10H14N2O4. The number of hydroxylamine groups is 1. The minimum Gasteiger partial charge on any atom is -0.491 e. The molecule has 1 unspecified atom stereocenters. The van der Waals surface area contributed by atoms with Gasteiger partial charge in [-0.3, -0.25) is 4.84 Å². The molecule has 0 aromatic heterocycles. The Morgan fingerprint density at radius 3 is 2.69 bits per heavy atom. The molecule has 0 radical (unpaired) electrons. The molecule has 1 atom stereocenters. The van der Waals surface area contributed by atoms with Crippen LogP contribution in [0.5, 0.6) is 5.75 Å². The molecule has 6 nitrogen and oxygen atoms in total. The molecule has 0 aliphatic heterocycles. The van der Waals surface area contributed by atoms with Gasteiger partial charge in [-0.25, -0.2) is 0 Å². The lowest BCUT2D eigenvalue weighted by Crippen LogP contribution is -2.31. The van der Waals surface area contributed by atoms with E-state index in [1.807, 2.05) is 18.2 Å². The van der Waals surface area contributed by atoms with Crippen LogP contribution in [0.1, 0.15) is 0 Å². The number of aliphatic hydroxyl groups is 1. The highest BCUT2D eigenvalue weighted by Crippen LogP contribution is 2.08. The molecule has 16 heavy (non-hydrogen) atoms. The van der Waals surface area contributed by atoms with Gasteiger partial charge >= 0.3 is 0 Å². The minimum absolute atomic E-state index is 0.0349. The third kappa shape index (κ3) is 4.24. The zero-order valence-electron chi connectivity index (χ0n) is 8.94. The van der Waals surface area contributed by atoms with Crippen LogP contribution in [0.4, 0.5) is 0 Å². The fourth-order valence-electron chi connectivity index (χ4n) is 1.08. The Morgan fingerprint density at radius 2 is 2.12 bits per heavy atom. The Balaban J connectivity index is 2.30. The van der Waals surface area contributed by atoms with Gasteiger partial charge in [0.05, 0.1) is 18.9 Å². The fraction of sp³-hybridized carbons (Fsp3) is 0.400. The topological polar surface area (TPSA) is 71.4 Å². The molecule has 1 rings (SSSR count). The van der Waals surface area contributed by atoms with Gasteiger partial charge in [-0.2, -0.15) is 0 Å². The van der Waals surface area contributed by atoms with Crippen LogP contribution in [0.15, 0.2) is 35.6 Å². The van der Waals surface area contributed by atoms with Crippen molar-refractivity contribution in [3.8, 4) is 5.75 Å². The van der Waals surface area contributed by atoms with E-state index in [0.29, 0.717) is 5.75 Å². The molecule has 1 aromatic rings. The average Bonchev–Trinajstić information content (AvgIpc) is 2.34. The van der Waals surface area contributed by atoms with Crippen molar-refractivity contribution in [2.75, 3.05) is 20.3 Å². The zero-order chi connectivity index (χ0) is 11.8. The van der Waals surface area contributed by atoms with Gasteiger partial charge in [0.25, 0.3) is 0 Å². The molecule has 0 bridgehead atoms. The number of para-hydroxylation sites is 1. The molecular weight excluding hydrogens is 212 g/mol. The third-order valence-electron chi connectivity index (χ3n) is 1.85. The van der Waals surface area contributed by atoms with Crippen molar-refractivity contribution in [3.05, 3.63) is 35.2 Å². The standard InChI is InChI=1S/C10H14N2O4/c1-15-12(11-14)7-9(13)8-16-10-5-3-2-4-6-10/h2-6,9,13H,7-8H2,1H3. The van der Waals surface area contributed by atoms with Gasteiger partial charge in [0.15, 0.2) is 0 Å². The van der Waals surface area contributed by atoms with Gasteiger partial charge in [-0.1, -0.05) is 18.2 Å². The Hall–Kier alpha value is -1.66. The smallest absolute Gasteiger partial charge is 0.119 e. The van der Waals surface area contributed by atoms with Crippen molar-refractivity contribution in [2.24, 2.45) is 5.29 Å². The lowest BCUT2D eigenvalue weighted by atomic mass is 10.3. The Bertz CT molecular complexity index is 307. The number of nitroso groups, excluding NO2 is 1. The van der Waals surface area contributed by atoms with Gasteiger partial charge in [0, 0.05) is 0 Å². The molecule has 0 heterocycles. The maximum atomic E-state index is 10.1. The second-order valence-electron chi connectivity index (χ2n) is 3.08. The summed E-state index contributed by atoms with van der Waals surface area (Å²) in [7, 11) is 1.30. The van der Waals surface area contributed by atoms with Crippen LogP contribution >= 0.6 is 0 Å². The van der Waals surface area contributed by atoms with Gasteiger partial charge in [-0.15, -0.1) is 10.1 Å². The second-order valence-corrected chi connectivity index (χ2v) is 3.08. The first kappa shape index (κ1) is 12.4. The van der Waals surface area contributed by atoms with Crippen LogP contribution < -0.4 is 4.74 Å². The quantitative estimate of drug-likeness (QED) is 0.554. The molecule has 0 saturated heterocycles. The van der Waals surface area contributed by atoms with Crippen LogP contribution in [0.3, 0.4) is 0 Å². The molecule has 0 fully saturated rings. The molecule has 0 spiro atoms. The third-order valence-corrected chi connectivity index (χ3v) is 1.85. The number of aliphatic hydroxyl groups excluding tert-OH is 1. The highest BCUT2D eigenvalue weighted by atomic mass is 16.7. The molecule has 1 aromatic carbocycles. The van der Waals surface area contributed by atoms with Crippen molar-refractivity contribution in [2.45, 2.75) is 6.10 Å². The second kappa shape index (κ2) is 6.76. The van der Waals surface area contributed by atoms with Crippen LogP contribution in [0.25, 0.3) is 0 Å². The molecule has 0 aliphatic rings. The summed E-state index contributed by atoms with van der Waals surface area (Å²) in [5.74, 6) is 0.657. The highest BCUT2D eigenvalue weighted by molar-refractivity contribution is 5.20. The van der Waals surface area contributed by atoms with E-state index in [1.54, 1.807) is 12.1 Å². The van der Waals surface area contributed by atoms with Gasteiger partial charge < -0.3 is 9.84 Å². The lowest BCUT2D eigenvalue weighted by Gasteiger charge is -2.16. The lowest BCUT2D eigenvalue weighted by molar-refractivity contribution is -0.152. The number of nitrogens with zero attached hydrogens (tertiary/aromatic N) is 2. The number of benzene rings is 1. The van der Waals surface area contributed by atoms with E-state index < -0.39 is 6.10 Å². The van der Waals surface area contributed by atoms with Gasteiger partial charge in [0.2, 0.25) is 0 Å². The molecule has 1 N–H and O–H groups in total. The normalized spacial score (nSPS) is 11.9. The molecule has 0 saturated carbocycles. The van der Waals surface area contributed by atoms with Crippen LogP contribution in [0, 0.1) is 4.91 Å². The minimum atomic E-state index is -0.849. The van der Waals surface area contributed by atoms with Gasteiger partial charge in [-0.05, 0) is 12.1 Å². The summed E-state index contributed by atoms with van der Waals surface area (Å²) in [5.41, 5.74) is 0. The van der Waals surface area contributed by atoms with Gasteiger partial charge in [0.1, 0.15) is 18.5 Å². The Labute approximate surface area is 93.3 Å². The average molecular weight is 226 g/mol. The SMILES string of the molecule is CON(CC(O)COc1ccccc1)N=O. The summed E-state index contributed by atoms with van der Waals surface area (Å²) >= 11 is 0. The summed E-state index contributed by atoms with van der Waals surface area (Å²) in [4.78, 5) is 14.7. The van der Waals surface area contributed by atoms with Crippen molar-refractivity contribution in [1.82, 2.24) is 5.17 Å². The molecule has 88 valence electrons. The van der Waals surface area contributed by atoms with E-state index in [0.717, 1.165) is 5.17 Å². The maximum absolute atomic E-state index is 10.1. The number of rotatable bonds is 7. The van der Waals surface area contributed by atoms with Crippen LogP contribution in [0.2, 0.25) is 0 Å². The van der Waals surface area contributed by atoms with E-state index in [4.69, 9.17) is 4.74 Å². The summed E-state index contributed by atoms with van der Waals surface area (Å²) in [6, 6.07) is 9.08. The Morgan fingerprint density at radius 1 is 1.44 bits per heavy atom. The number of hydrogen-bond acceptors (Lipinski definition) is 5. The number of ether oxygens (including phenoxy) is 1. The molecule has 0 aliphatic carbocycles. The van der Waals surface area contributed by atoms with Crippen molar-refractivity contribution >= 4 is 0 Å². The van der Waals surface area contributed by atoms with Crippen molar-refractivity contribution in [1.29, 1.82) is 0 Å². The van der Waals surface area contributed by atoms with Crippen molar-refractivity contribution < 1.29 is 14.7 Å². The first-order valence-corrected chi connectivity index (χ1v) is 4.77. The summed E-state index contributed by atoms with van der Waals surface area (Å²) in [6.45, 7) is 0.0340. The monoisotopic (exact) mass is 226 g/mol. The van der Waals surface area contributed by atoms with E-state index in [-0.39, 0.29) is 13.2 Å². The van der Waals surface area contributed by atoms with Crippen molar-refractivity contribution in [3.63, 3.8) is 0 Å². The summed E-state index contributed by atoms with van der Waals surface area (Å²) in [6.07, 6.45) is -0.849. The van der Waals surface area contributed by atoms with E-state index in [1.165, 1.54) is 7.11 Å². The van der Waals surface area contributed by atoms with Crippen LogP contribution in [-0.4, -0.2) is 36.6 Å². The maximum Gasteiger partial charge on any atom is 0.119 e. The summed E-state index contributed by atoms with van der Waals surface area (Å²) < 4.78 is 5.28. The highest BCUT2D eigenvalue weighted by Gasteiger charge is 2.11. The van der Waals surface area contributed by atoms with E-state index in [9.17, 15) is 10.0 Å².